The molecule has 0 radical (unpaired) electrons. The zero-order valence-corrected chi connectivity index (χ0v) is 15.4. The van der Waals surface area contributed by atoms with Crippen LogP contribution in [0.3, 0.4) is 0 Å². The minimum absolute atomic E-state index is 0.0124. The minimum atomic E-state index is 0.0124. The zero-order valence-electron chi connectivity index (χ0n) is 15.4. The third kappa shape index (κ3) is 4.32. The first-order valence-electron chi connectivity index (χ1n) is 9.62. The van der Waals surface area contributed by atoms with Crippen molar-refractivity contribution in [2.75, 3.05) is 13.3 Å². The summed E-state index contributed by atoms with van der Waals surface area (Å²) in [5, 5.41) is 3.06. The molecule has 1 fully saturated rings. The number of rotatable bonds is 5. The van der Waals surface area contributed by atoms with Crippen molar-refractivity contribution in [2.45, 2.75) is 44.7 Å². The molecular weight excluding hydrogens is 342 g/mol. The molecule has 0 spiro atoms. The average Bonchev–Trinajstić information content (AvgIpc) is 3.19. The fourth-order valence-electron chi connectivity index (χ4n) is 3.76. The summed E-state index contributed by atoms with van der Waals surface area (Å²) in [4.78, 5) is 19.2. The van der Waals surface area contributed by atoms with Gasteiger partial charge in [0.2, 0.25) is 6.79 Å². The molecule has 142 valence electrons. The molecule has 2 aliphatic heterocycles. The van der Waals surface area contributed by atoms with Gasteiger partial charge in [-0.25, -0.2) is 4.79 Å². The van der Waals surface area contributed by atoms with Crippen LogP contribution in [0.4, 0.5) is 4.79 Å². The maximum absolute atomic E-state index is 12.8. The number of piperidine rings is 1. The van der Waals surface area contributed by atoms with Crippen molar-refractivity contribution in [3.63, 3.8) is 0 Å². The third-order valence-electron chi connectivity index (χ3n) is 5.23. The van der Waals surface area contributed by atoms with Crippen LogP contribution in [0.2, 0.25) is 0 Å². The number of nitrogens with zero attached hydrogens (tertiary/aromatic N) is 2. The van der Waals surface area contributed by atoms with Gasteiger partial charge in [-0.05, 0) is 61.9 Å². The van der Waals surface area contributed by atoms with Crippen molar-refractivity contribution in [1.29, 1.82) is 0 Å². The first kappa shape index (κ1) is 17.6. The molecule has 2 amide bonds. The van der Waals surface area contributed by atoms with Crippen molar-refractivity contribution in [3.05, 3.63) is 53.9 Å². The van der Waals surface area contributed by atoms with Gasteiger partial charge in [0.1, 0.15) is 0 Å². The molecule has 1 atom stereocenters. The van der Waals surface area contributed by atoms with Crippen LogP contribution in [0.5, 0.6) is 11.5 Å². The second-order valence-electron chi connectivity index (χ2n) is 7.05. The SMILES string of the molecule is O=C(NCc1ccc2c(c1)OCO2)N1CCCC[C@@H]1CCc1ccccn1. The van der Waals surface area contributed by atoms with E-state index < -0.39 is 0 Å². The Morgan fingerprint density at radius 1 is 1.19 bits per heavy atom. The van der Waals surface area contributed by atoms with Gasteiger partial charge < -0.3 is 19.7 Å². The van der Waals surface area contributed by atoms with E-state index >= 15 is 0 Å². The number of aromatic nitrogens is 1. The molecule has 1 aromatic heterocycles. The predicted octanol–water partition coefficient (Wildman–Crippen LogP) is 3.51. The van der Waals surface area contributed by atoms with Gasteiger partial charge in [0.25, 0.3) is 0 Å². The molecule has 1 N–H and O–H groups in total. The molecule has 2 aliphatic rings. The van der Waals surface area contributed by atoms with Crippen molar-refractivity contribution in [1.82, 2.24) is 15.2 Å². The average molecular weight is 367 g/mol. The van der Waals surface area contributed by atoms with E-state index in [2.05, 4.69) is 10.3 Å². The molecule has 0 bridgehead atoms. The molecule has 0 saturated carbocycles. The summed E-state index contributed by atoms with van der Waals surface area (Å²) in [6, 6.07) is 12.1. The number of urea groups is 1. The number of pyridine rings is 1. The Bertz CT molecular complexity index is 781. The number of hydrogen-bond donors (Lipinski definition) is 1. The van der Waals surface area contributed by atoms with Crippen LogP contribution in [-0.2, 0) is 13.0 Å². The summed E-state index contributed by atoms with van der Waals surface area (Å²) in [5.41, 5.74) is 2.10. The van der Waals surface area contributed by atoms with Gasteiger partial charge in [0.05, 0.1) is 0 Å². The van der Waals surface area contributed by atoms with Gasteiger partial charge in [0.15, 0.2) is 11.5 Å². The summed E-state index contributed by atoms with van der Waals surface area (Å²) < 4.78 is 10.7. The Balaban J connectivity index is 1.33. The highest BCUT2D eigenvalue weighted by Crippen LogP contribution is 2.32. The van der Waals surface area contributed by atoms with E-state index in [0.29, 0.717) is 6.54 Å². The van der Waals surface area contributed by atoms with E-state index in [4.69, 9.17) is 9.47 Å². The number of amides is 2. The van der Waals surface area contributed by atoms with Crippen LogP contribution in [0.15, 0.2) is 42.6 Å². The summed E-state index contributed by atoms with van der Waals surface area (Å²) in [6.07, 6.45) is 6.98. The number of carbonyl (C=O) groups is 1. The number of carbonyl (C=O) groups excluding carboxylic acids is 1. The summed E-state index contributed by atoms with van der Waals surface area (Å²) >= 11 is 0. The zero-order chi connectivity index (χ0) is 18.5. The number of ether oxygens (including phenoxy) is 2. The topological polar surface area (TPSA) is 63.7 Å². The molecule has 6 nitrogen and oxygen atoms in total. The van der Waals surface area contributed by atoms with Gasteiger partial charge in [0, 0.05) is 31.0 Å². The number of aryl methyl sites for hydroxylation is 1. The largest absolute Gasteiger partial charge is 0.454 e. The van der Waals surface area contributed by atoms with E-state index in [1.54, 1.807) is 0 Å². The molecule has 27 heavy (non-hydrogen) atoms. The molecular formula is C21H25N3O3. The maximum atomic E-state index is 12.8. The highest BCUT2D eigenvalue weighted by Gasteiger charge is 2.26. The van der Waals surface area contributed by atoms with Crippen molar-refractivity contribution in [2.24, 2.45) is 0 Å². The van der Waals surface area contributed by atoms with Gasteiger partial charge in [-0.3, -0.25) is 4.98 Å². The molecule has 0 unspecified atom stereocenters. The number of benzene rings is 1. The normalized spacial score (nSPS) is 18.4. The molecule has 1 aromatic carbocycles. The second-order valence-corrected chi connectivity index (χ2v) is 7.05. The van der Waals surface area contributed by atoms with E-state index in [-0.39, 0.29) is 18.9 Å². The lowest BCUT2D eigenvalue weighted by molar-refractivity contribution is 0.146. The number of fused-ring (bicyclic) bond motifs is 1. The lowest BCUT2D eigenvalue weighted by Gasteiger charge is -2.35. The Kier molecular flexibility index (Phi) is 5.42. The summed E-state index contributed by atoms with van der Waals surface area (Å²) in [7, 11) is 0. The predicted molar refractivity (Wildman–Crippen MR) is 102 cm³/mol. The molecule has 1 saturated heterocycles. The lowest BCUT2D eigenvalue weighted by Crippen LogP contribution is -2.48. The Morgan fingerprint density at radius 2 is 2.11 bits per heavy atom. The van der Waals surface area contributed by atoms with E-state index in [1.807, 2.05) is 47.5 Å². The van der Waals surface area contributed by atoms with E-state index in [1.165, 1.54) is 6.42 Å². The Hall–Kier alpha value is -2.76. The van der Waals surface area contributed by atoms with E-state index in [9.17, 15) is 4.79 Å². The van der Waals surface area contributed by atoms with Gasteiger partial charge in [-0.1, -0.05) is 12.1 Å². The third-order valence-corrected chi connectivity index (χ3v) is 5.23. The lowest BCUT2D eigenvalue weighted by atomic mass is 9.97. The Labute approximate surface area is 159 Å². The fraction of sp³-hybridized carbons (Fsp3) is 0.429. The van der Waals surface area contributed by atoms with Crippen LogP contribution in [-0.4, -0.2) is 35.3 Å². The quantitative estimate of drug-likeness (QED) is 0.878. The van der Waals surface area contributed by atoms with Crippen molar-refractivity contribution >= 4 is 6.03 Å². The monoisotopic (exact) mass is 367 g/mol. The fourth-order valence-corrected chi connectivity index (χ4v) is 3.76. The van der Waals surface area contributed by atoms with Crippen LogP contribution in [0.1, 0.15) is 36.9 Å². The number of likely N-dealkylation sites (tertiary alicyclic amines) is 1. The highest BCUT2D eigenvalue weighted by atomic mass is 16.7. The van der Waals surface area contributed by atoms with Crippen LogP contribution < -0.4 is 14.8 Å². The molecule has 3 heterocycles. The molecule has 4 rings (SSSR count). The standard InChI is InChI=1S/C21H25N3O3/c25-21(23-14-16-7-10-19-20(13-16)27-15-26-19)24-12-4-2-6-18(24)9-8-17-5-1-3-11-22-17/h1,3,5,7,10-11,13,18H,2,4,6,8-9,12,14-15H2,(H,23,25)/t18-/m1/s1. The second kappa shape index (κ2) is 8.29. The maximum Gasteiger partial charge on any atom is 0.317 e. The van der Waals surface area contributed by atoms with Crippen molar-refractivity contribution in [3.8, 4) is 11.5 Å². The summed E-state index contributed by atoms with van der Waals surface area (Å²) in [6.45, 7) is 1.57. The highest BCUT2D eigenvalue weighted by molar-refractivity contribution is 5.74. The smallest absolute Gasteiger partial charge is 0.317 e. The first-order valence-corrected chi connectivity index (χ1v) is 9.62. The van der Waals surface area contributed by atoms with Gasteiger partial charge in [-0.2, -0.15) is 0 Å². The molecule has 0 aliphatic carbocycles. The minimum Gasteiger partial charge on any atom is -0.454 e. The molecule has 6 heteroatoms. The van der Waals surface area contributed by atoms with Gasteiger partial charge in [-0.15, -0.1) is 0 Å². The van der Waals surface area contributed by atoms with Crippen LogP contribution in [0.25, 0.3) is 0 Å². The molecule has 2 aromatic rings. The number of hydrogen-bond acceptors (Lipinski definition) is 4. The number of nitrogens with one attached hydrogen (secondary N) is 1. The van der Waals surface area contributed by atoms with E-state index in [0.717, 1.165) is 55.0 Å². The Morgan fingerprint density at radius 3 is 3.00 bits per heavy atom. The van der Waals surface area contributed by atoms with Crippen molar-refractivity contribution < 1.29 is 14.3 Å². The van der Waals surface area contributed by atoms with Gasteiger partial charge >= 0.3 is 6.03 Å². The van der Waals surface area contributed by atoms with Crippen LogP contribution in [0, 0.1) is 0 Å². The van der Waals surface area contributed by atoms with Crippen LogP contribution >= 0.6 is 0 Å². The summed E-state index contributed by atoms with van der Waals surface area (Å²) in [5.74, 6) is 1.50. The first-order chi connectivity index (χ1) is 13.3.